The van der Waals surface area contributed by atoms with Crippen LogP contribution in [0.5, 0.6) is 0 Å². The molecule has 2 heterocycles. The van der Waals surface area contributed by atoms with Crippen LogP contribution in [-0.4, -0.2) is 43.2 Å². The van der Waals surface area contributed by atoms with Gasteiger partial charge in [-0.1, -0.05) is 6.07 Å². The molecule has 0 aliphatic carbocycles. The van der Waals surface area contributed by atoms with Crippen molar-refractivity contribution in [3.63, 3.8) is 0 Å². The zero-order valence-electron chi connectivity index (χ0n) is 12.7. The van der Waals surface area contributed by atoms with Gasteiger partial charge in [0.1, 0.15) is 0 Å². The normalized spacial score (nSPS) is 16.0. The molecule has 0 atom stereocenters. The Balaban J connectivity index is 1.82. The quantitative estimate of drug-likeness (QED) is 0.829. The summed E-state index contributed by atoms with van der Waals surface area (Å²) < 4.78 is 26.5. The minimum absolute atomic E-state index is 0.0178. The molecule has 0 bridgehead atoms. The van der Waals surface area contributed by atoms with Crippen LogP contribution in [0.25, 0.3) is 0 Å². The fraction of sp³-hybridized carbons (Fsp3) is 0.188. The summed E-state index contributed by atoms with van der Waals surface area (Å²) in [6.45, 7) is 0.190. The van der Waals surface area contributed by atoms with E-state index in [1.54, 1.807) is 24.5 Å². The molecule has 0 N–H and O–H groups in total. The predicted molar refractivity (Wildman–Crippen MR) is 86.5 cm³/mol. The number of anilines is 1. The van der Waals surface area contributed by atoms with E-state index in [4.69, 9.17) is 5.26 Å². The number of sulfonamides is 1. The number of piperazine rings is 1. The number of carbonyl (C=O) groups is 1. The molecule has 0 saturated carbocycles. The molecule has 1 amide bonds. The molecule has 2 aromatic rings. The van der Waals surface area contributed by atoms with Gasteiger partial charge in [-0.3, -0.25) is 9.78 Å². The summed E-state index contributed by atoms with van der Waals surface area (Å²) in [6, 6.07) is 11.2. The van der Waals surface area contributed by atoms with Crippen LogP contribution in [0.3, 0.4) is 0 Å². The number of hydrogen-bond donors (Lipinski definition) is 0. The first-order valence-corrected chi connectivity index (χ1v) is 8.67. The number of amides is 1. The lowest BCUT2D eigenvalue weighted by atomic mass is 10.2. The van der Waals surface area contributed by atoms with Crippen molar-refractivity contribution in [3.8, 4) is 6.07 Å². The lowest BCUT2D eigenvalue weighted by Gasteiger charge is -2.33. The second-order valence-corrected chi connectivity index (χ2v) is 7.17. The highest BCUT2D eigenvalue weighted by atomic mass is 32.2. The Kier molecular flexibility index (Phi) is 4.29. The van der Waals surface area contributed by atoms with Gasteiger partial charge in [0, 0.05) is 19.3 Å². The molecule has 1 aromatic carbocycles. The Morgan fingerprint density at radius 1 is 1.17 bits per heavy atom. The SMILES string of the molecule is N#Cc1cccc(S(=O)(=O)N2CCN(c3cccnc3)C(=O)C2)c1. The minimum Gasteiger partial charge on any atom is -0.308 e. The monoisotopic (exact) mass is 342 g/mol. The zero-order chi connectivity index (χ0) is 17.2. The van der Waals surface area contributed by atoms with Crippen molar-refractivity contribution in [2.45, 2.75) is 4.90 Å². The van der Waals surface area contributed by atoms with E-state index in [1.165, 1.54) is 29.2 Å². The van der Waals surface area contributed by atoms with Crippen molar-refractivity contribution in [1.82, 2.24) is 9.29 Å². The summed E-state index contributed by atoms with van der Waals surface area (Å²) in [5, 5.41) is 8.92. The zero-order valence-corrected chi connectivity index (χ0v) is 13.5. The van der Waals surface area contributed by atoms with Crippen LogP contribution in [0, 0.1) is 11.3 Å². The van der Waals surface area contributed by atoms with Crippen LogP contribution in [-0.2, 0) is 14.8 Å². The largest absolute Gasteiger partial charge is 0.308 e. The highest BCUT2D eigenvalue weighted by Gasteiger charge is 2.33. The standard InChI is InChI=1S/C16H14N4O3S/c17-10-13-3-1-5-15(9-13)24(22,23)19-7-8-20(16(21)12-19)14-4-2-6-18-11-14/h1-6,9,11H,7-8,12H2. The van der Waals surface area contributed by atoms with E-state index in [0.29, 0.717) is 5.69 Å². The number of nitriles is 1. The van der Waals surface area contributed by atoms with Crippen LogP contribution in [0.2, 0.25) is 0 Å². The van der Waals surface area contributed by atoms with Crippen molar-refractivity contribution < 1.29 is 13.2 Å². The maximum Gasteiger partial charge on any atom is 0.243 e. The average Bonchev–Trinajstić information content (AvgIpc) is 2.62. The lowest BCUT2D eigenvalue weighted by Crippen LogP contribution is -2.52. The van der Waals surface area contributed by atoms with Crippen LogP contribution < -0.4 is 4.90 Å². The van der Waals surface area contributed by atoms with Gasteiger partial charge < -0.3 is 4.90 Å². The van der Waals surface area contributed by atoms with Gasteiger partial charge in [-0.05, 0) is 30.3 Å². The molecule has 122 valence electrons. The molecular weight excluding hydrogens is 328 g/mol. The van der Waals surface area contributed by atoms with E-state index < -0.39 is 10.0 Å². The van der Waals surface area contributed by atoms with E-state index in [1.807, 2.05) is 6.07 Å². The molecule has 0 spiro atoms. The molecule has 8 heteroatoms. The predicted octanol–water partition coefficient (Wildman–Crippen LogP) is 0.991. The Morgan fingerprint density at radius 2 is 2.00 bits per heavy atom. The molecule has 24 heavy (non-hydrogen) atoms. The number of nitrogens with zero attached hydrogens (tertiary/aromatic N) is 4. The van der Waals surface area contributed by atoms with E-state index in [-0.39, 0.29) is 36.0 Å². The smallest absolute Gasteiger partial charge is 0.243 e. The maximum absolute atomic E-state index is 12.7. The van der Waals surface area contributed by atoms with Gasteiger partial charge in [-0.25, -0.2) is 8.42 Å². The van der Waals surface area contributed by atoms with Crippen molar-refractivity contribution in [3.05, 3.63) is 54.4 Å². The van der Waals surface area contributed by atoms with Crippen LogP contribution in [0.4, 0.5) is 5.69 Å². The van der Waals surface area contributed by atoms with E-state index in [2.05, 4.69) is 4.98 Å². The summed E-state index contributed by atoms with van der Waals surface area (Å²) in [5.41, 5.74) is 0.905. The Bertz CT molecular complexity index is 906. The molecule has 1 aromatic heterocycles. The van der Waals surface area contributed by atoms with Crippen LogP contribution in [0.1, 0.15) is 5.56 Å². The molecule has 3 rings (SSSR count). The average molecular weight is 342 g/mol. The summed E-state index contributed by atoms with van der Waals surface area (Å²) >= 11 is 0. The third-order valence-corrected chi connectivity index (χ3v) is 5.59. The second-order valence-electron chi connectivity index (χ2n) is 5.23. The van der Waals surface area contributed by atoms with Gasteiger partial charge in [-0.2, -0.15) is 9.57 Å². The molecule has 7 nitrogen and oxygen atoms in total. The van der Waals surface area contributed by atoms with Gasteiger partial charge in [0.2, 0.25) is 15.9 Å². The fourth-order valence-corrected chi connectivity index (χ4v) is 3.95. The summed E-state index contributed by atoms with van der Waals surface area (Å²) in [4.78, 5) is 17.9. The van der Waals surface area contributed by atoms with Crippen molar-refractivity contribution >= 4 is 21.6 Å². The van der Waals surface area contributed by atoms with E-state index in [0.717, 1.165) is 4.31 Å². The molecule has 1 fully saturated rings. The van der Waals surface area contributed by atoms with Gasteiger partial charge in [-0.15, -0.1) is 0 Å². The van der Waals surface area contributed by atoms with Gasteiger partial charge >= 0.3 is 0 Å². The molecule has 1 aliphatic heterocycles. The van der Waals surface area contributed by atoms with Gasteiger partial charge in [0.15, 0.2) is 0 Å². The number of benzene rings is 1. The third-order valence-electron chi connectivity index (χ3n) is 3.74. The summed E-state index contributed by atoms with van der Waals surface area (Å²) in [7, 11) is -3.81. The molecule has 1 aliphatic rings. The number of carbonyl (C=O) groups excluding carboxylic acids is 1. The first-order valence-electron chi connectivity index (χ1n) is 7.23. The molecule has 1 saturated heterocycles. The van der Waals surface area contributed by atoms with Crippen molar-refractivity contribution in [1.29, 1.82) is 5.26 Å². The van der Waals surface area contributed by atoms with Crippen LogP contribution in [0.15, 0.2) is 53.7 Å². The highest BCUT2D eigenvalue weighted by molar-refractivity contribution is 7.89. The first kappa shape index (κ1) is 16.1. The van der Waals surface area contributed by atoms with Gasteiger partial charge in [0.25, 0.3) is 0 Å². The topological polar surface area (TPSA) is 94.4 Å². The molecular formula is C16H14N4O3S. The molecule has 0 radical (unpaired) electrons. The minimum atomic E-state index is -3.81. The number of rotatable bonds is 3. The molecule has 0 unspecified atom stereocenters. The number of hydrogen-bond acceptors (Lipinski definition) is 5. The number of aromatic nitrogens is 1. The Labute approximate surface area is 139 Å². The van der Waals surface area contributed by atoms with Crippen molar-refractivity contribution in [2.24, 2.45) is 0 Å². The maximum atomic E-state index is 12.7. The Morgan fingerprint density at radius 3 is 2.67 bits per heavy atom. The number of pyridine rings is 1. The fourth-order valence-electron chi connectivity index (χ4n) is 2.52. The third kappa shape index (κ3) is 2.99. The second kappa shape index (κ2) is 6.39. The van der Waals surface area contributed by atoms with Gasteiger partial charge in [0.05, 0.1) is 35.0 Å². The summed E-state index contributed by atoms with van der Waals surface area (Å²) in [5.74, 6) is -0.311. The van der Waals surface area contributed by atoms with E-state index >= 15 is 0 Å². The van der Waals surface area contributed by atoms with Crippen molar-refractivity contribution in [2.75, 3.05) is 24.5 Å². The summed E-state index contributed by atoms with van der Waals surface area (Å²) in [6.07, 6.45) is 3.18. The highest BCUT2D eigenvalue weighted by Crippen LogP contribution is 2.21. The lowest BCUT2D eigenvalue weighted by molar-refractivity contribution is -0.119. The van der Waals surface area contributed by atoms with E-state index in [9.17, 15) is 13.2 Å². The Hall–Kier alpha value is -2.76. The van der Waals surface area contributed by atoms with Crippen LogP contribution >= 0.6 is 0 Å². The first-order chi connectivity index (χ1) is 11.5.